The number of aromatic nitrogens is 3. The molecular weight excluding hydrogens is 438 g/mol. The predicted molar refractivity (Wildman–Crippen MR) is 126 cm³/mol. The second-order valence-corrected chi connectivity index (χ2v) is 10.3. The monoisotopic (exact) mass is 471 g/mol. The third kappa shape index (κ3) is 5.25. The maximum atomic E-state index is 13.3. The number of hydrogen-bond acceptors (Lipinski definition) is 8. The fraction of sp³-hybridized carbons (Fsp3) is 0.667. The molecule has 2 aromatic heterocycles. The Labute approximate surface area is 199 Å². The van der Waals surface area contributed by atoms with Crippen molar-refractivity contribution in [3.63, 3.8) is 0 Å². The van der Waals surface area contributed by atoms with Gasteiger partial charge in [0, 0.05) is 62.6 Å². The lowest BCUT2D eigenvalue weighted by atomic mass is 9.91. The van der Waals surface area contributed by atoms with E-state index < -0.39 is 0 Å². The molecule has 2 fully saturated rings. The number of thioether (sulfide) groups is 1. The largest absolute Gasteiger partial charge is 0.379 e. The highest BCUT2D eigenvalue weighted by Gasteiger charge is 2.32. The van der Waals surface area contributed by atoms with Crippen LogP contribution >= 0.6 is 11.8 Å². The van der Waals surface area contributed by atoms with Gasteiger partial charge in [0.2, 0.25) is 0 Å². The number of carbonyl (C=O) groups is 1. The molecule has 4 heterocycles. The Kier molecular flexibility index (Phi) is 7.27. The molecule has 0 unspecified atom stereocenters. The molecule has 0 spiro atoms. The van der Waals surface area contributed by atoms with E-state index in [2.05, 4.69) is 22.0 Å². The average Bonchev–Trinajstić information content (AvgIpc) is 3.29. The van der Waals surface area contributed by atoms with Crippen LogP contribution in [0.5, 0.6) is 0 Å². The number of morpholine rings is 1. The van der Waals surface area contributed by atoms with Crippen LogP contribution in [-0.4, -0.2) is 82.5 Å². The molecule has 5 rings (SSSR count). The van der Waals surface area contributed by atoms with Crippen LogP contribution in [0.25, 0.3) is 0 Å². The van der Waals surface area contributed by atoms with Gasteiger partial charge in [0.1, 0.15) is 5.76 Å². The van der Waals surface area contributed by atoms with E-state index in [1.54, 1.807) is 11.8 Å². The topological polar surface area (TPSA) is 84.6 Å². The number of rotatable bonds is 6. The van der Waals surface area contributed by atoms with Crippen LogP contribution in [0.2, 0.25) is 0 Å². The molecule has 1 atom stereocenters. The molecule has 0 radical (unpaired) electrons. The number of aryl methyl sites for hydroxylation is 2. The smallest absolute Gasteiger partial charge is 0.276 e. The van der Waals surface area contributed by atoms with E-state index in [1.807, 2.05) is 11.1 Å². The summed E-state index contributed by atoms with van der Waals surface area (Å²) in [6.45, 7) is 8.19. The van der Waals surface area contributed by atoms with E-state index in [0.717, 1.165) is 111 Å². The first-order valence-electron chi connectivity index (χ1n) is 12.2. The lowest BCUT2D eigenvalue weighted by Crippen LogP contribution is -2.40. The molecule has 2 saturated heterocycles. The minimum atomic E-state index is 0.0124. The summed E-state index contributed by atoms with van der Waals surface area (Å²) in [5, 5.41) is 5.00. The van der Waals surface area contributed by atoms with Crippen LogP contribution in [0.1, 0.15) is 64.7 Å². The molecule has 2 aliphatic heterocycles. The van der Waals surface area contributed by atoms with Crippen molar-refractivity contribution >= 4 is 17.7 Å². The Hall–Kier alpha value is -1.97. The molecule has 0 saturated carbocycles. The standard InChI is InChI=1S/C24H33N5O3S/c1-17-15-25-24(33-14-11-28-9-12-31-13-10-28)26-21(17)18-5-4-8-29(16-18)23(30)22-19-6-2-3-7-20(19)32-27-22/h15,18H,2-14,16H2,1H3/t18-/m0/s1. The van der Waals surface area contributed by atoms with Gasteiger partial charge in [-0.05, 0) is 44.6 Å². The third-order valence-electron chi connectivity index (χ3n) is 6.98. The molecule has 178 valence electrons. The van der Waals surface area contributed by atoms with Gasteiger partial charge >= 0.3 is 0 Å². The molecule has 1 amide bonds. The summed E-state index contributed by atoms with van der Waals surface area (Å²) in [6, 6.07) is 0. The van der Waals surface area contributed by atoms with Crippen LogP contribution in [0.4, 0.5) is 0 Å². The predicted octanol–water partition coefficient (Wildman–Crippen LogP) is 3.10. The molecule has 2 aromatic rings. The highest BCUT2D eigenvalue weighted by molar-refractivity contribution is 7.99. The van der Waals surface area contributed by atoms with Gasteiger partial charge < -0.3 is 14.2 Å². The van der Waals surface area contributed by atoms with Crippen molar-refractivity contribution in [3.8, 4) is 0 Å². The van der Waals surface area contributed by atoms with Gasteiger partial charge in [-0.1, -0.05) is 16.9 Å². The van der Waals surface area contributed by atoms with Gasteiger partial charge in [-0.15, -0.1) is 0 Å². The zero-order valence-corrected chi connectivity index (χ0v) is 20.2. The molecule has 8 nitrogen and oxygen atoms in total. The van der Waals surface area contributed by atoms with E-state index in [1.165, 1.54) is 0 Å². The minimum absolute atomic E-state index is 0.0124. The Morgan fingerprint density at radius 3 is 2.91 bits per heavy atom. The molecule has 33 heavy (non-hydrogen) atoms. The highest BCUT2D eigenvalue weighted by Crippen LogP contribution is 2.31. The Morgan fingerprint density at radius 1 is 1.18 bits per heavy atom. The van der Waals surface area contributed by atoms with Crippen LogP contribution in [0.15, 0.2) is 15.9 Å². The Bertz CT molecular complexity index is 975. The zero-order valence-electron chi connectivity index (χ0n) is 19.4. The number of nitrogens with zero attached hydrogens (tertiary/aromatic N) is 5. The molecule has 0 bridgehead atoms. The number of piperidine rings is 1. The quantitative estimate of drug-likeness (QED) is 0.469. The van der Waals surface area contributed by atoms with Crippen LogP contribution in [-0.2, 0) is 17.6 Å². The second-order valence-electron chi connectivity index (χ2n) is 9.25. The molecule has 9 heteroatoms. The second kappa shape index (κ2) is 10.5. The first-order valence-corrected chi connectivity index (χ1v) is 13.2. The van der Waals surface area contributed by atoms with Crippen molar-refractivity contribution < 1.29 is 14.1 Å². The van der Waals surface area contributed by atoms with Gasteiger partial charge in [0.05, 0.1) is 18.9 Å². The van der Waals surface area contributed by atoms with Crippen LogP contribution in [0, 0.1) is 6.92 Å². The number of amides is 1. The Morgan fingerprint density at radius 2 is 2.03 bits per heavy atom. The molecular formula is C24H33N5O3S. The lowest BCUT2D eigenvalue weighted by Gasteiger charge is -2.33. The van der Waals surface area contributed by atoms with E-state index in [0.29, 0.717) is 12.2 Å². The minimum Gasteiger partial charge on any atom is -0.379 e. The SMILES string of the molecule is Cc1cnc(SCCN2CCOCC2)nc1[C@H]1CCCN(C(=O)c2noc3c2CCCC3)C1. The molecule has 0 N–H and O–H groups in total. The van der Waals surface area contributed by atoms with Crippen LogP contribution < -0.4 is 0 Å². The third-order valence-corrected chi connectivity index (χ3v) is 7.82. The summed E-state index contributed by atoms with van der Waals surface area (Å²) >= 11 is 1.71. The average molecular weight is 472 g/mol. The normalized spacial score (nSPS) is 21.7. The summed E-state index contributed by atoms with van der Waals surface area (Å²) in [4.78, 5) is 27.2. The van der Waals surface area contributed by atoms with Crippen molar-refractivity contribution in [2.45, 2.75) is 56.5 Å². The fourth-order valence-corrected chi connectivity index (χ4v) is 5.92. The van der Waals surface area contributed by atoms with Crippen molar-refractivity contribution in [2.75, 3.05) is 51.7 Å². The molecule has 0 aromatic carbocycles. The van der Waals surface area contributed by atoms with Crippen molar-refractivity contribution in [3.05, 3.63) is 34.5 Å². The number of ether oxygens (including phenoxy) is 1. The van der Waals surface area contributed by atoms with Gasteiger partial charge in [-0.25, -0.2) is 9.97 Å². The maximum Gasteiger partial charge on any atom is 0.276 e. The van der Waals surface area contributed by atoms with Gasteiger partial charge in [0.25, 0.3) is 5.91 Å². The zero-order chi connectivity index (χ0) is 22.6. The first-order chi connectivity index (χ1) is 16.2. The number of carbonyl (C=O) groups excluding carboxylic acids is 1. The molecule has 3 aliphatic rings. The summed E-state index contributed by atoms with van der Waals surface area (Å²) in [5.41, 5.74) is 3.75. The number of likely N-dealkylation sites (tertiary alicyclic amines) is 1. The lowest BCUT2D eigenvalue weighted by molar-refractivity contribution is 0.0410. The van der Waals surface area contributed by atoms with Crippen molar-refractivity contribution in [1.82, 2.24) is 24.9 Å². The van der Waals surface area contributed by atoms with E-state index in [4.69, 9.17) is 14.2 Å². The van der Waals surface area contributed by atoms with Gasteiger partial charge in [-0.2, -0.15) is 0 Å². The number of hydrogen-bond donors (Lipinski definition) is 0. The Balaban J connectivity index is 1.23. The maximum absolute atomic E-state index is 13.3. The summed E-state index contributed by atoms with van der Waals surface area (Å²) in [5.74, 6) is 2.11. The van der Waals surface area contributed by atoms with Crippen molar-refractivity contribution in [1.29, 1.82) is 0 Å². The fourth-order valence-electron chi connectivity index (χ4n) is 5.10. The summed E-state index contributed by atoms with van der Waals surface area (Å²) in [6.07, 6.45) is 7.95. The first kappa shape index (κ1) is 22.8. The molecule has 1 aliphatic carbocycles. The van der Waals surface area contributed by atoms with E-state index in [9.17, 15) is 4.79 Å². The van der Waals surface area contributed by atoms with Gasteiger partial charge in [0.15, 0.2) is 10.9 Å². The van der Waals surface area contributed by atoms with E-state index >= 15 is 0 Å². The van der Waals surface area contributed by atoms with Crippen molar-refractivity contribution in [2.24, 2.45) is 0 Å². The highest BCUT2D eigenvalue weighted by atomic mass is 32.2. The summed E-state index contributed by atoms with van der Waals surface area (Å²) in [7, 11) is 0. The number of fused-ring (bicyclic) bond motifs is 1. The van der Waals surface area contributed by atoms with E-state index in [-0.39, 0.29) is 11.8 Å². The summed E-state index contributed by atoms with van der Waals surface area (Å²) < 4.78 is 10.9. The van der Waals surface area contributed by atoms with Crippen LogP contribution in [0.3, 0.4) is 0 Å². The van der Waals surface area contributed by atoms with Gasteiger partial charge in [-0.3, -0.25) is 9.69 Å².